The van der Waals surface area contributed by atoms with Crippen LogP contribution in [-0.2, 0) is 13.1 Å². The van der Waals surface area contributed by atoms with Gasteiger partial charge in [0.25, 0.3) is 0 Å². The Hall–Kier alpha value is -0.800. The van der Waals surface area contributed by atoms with Gasteiger partial charge < -0.3 is 15.0 Å². The van der Waals surface area contributed by atoms with Crippen LogP contribution in [0.25, 0.3) is 0 Å². The van der Waals surface area contributed by atoms with Gasteiger partial charge in [-0.2, -0.15) is 0 Å². The molecule has 0 aliphatic heterocycles. The number of aliphatic hydroxyl groups excluding tert-OH is 1. The Balaban J connectivity index is 2.20. The maximum atomic E-state index is 8.70. The van der Waals surface area contributed by atoms with Crippen LogP contribution >= 0.6 is 0 Å². The normalized spacial score (nSPS) is 10.9. The first kappa shape index (κ1) is 14.3. The number of unbranched alkanes of at least 4 members (excludes halogenated alkanes) is 3. The summed E-state index contributed by atoms with van der Waals surface area (Å²) in [6.45, 7) is 5.67. The SMILES string of the molecule is CCCNCc1cccn1CCCCCCO. The van der Waals surface area contributed by atoms with E-state index in [2.05, 4.69) is 35.1 Å². The number of rotatable bonds is 10. The van der Waals surface area contributed by atoms with Crippen LogP contribution < -0.4 is 5.32 Å². The topological polar surface area (TPSA) is 37.2 Å². The largest absolute Gasteiger partial charge is 0.396 e. The average Bonchev–Trinajstić information content (AvgIpc) is 2.77. The molecular weight excluding hydrogens is 212 g/mol. The molecule has 1 heterocycles. The molecule has 0 aliphatic carbocycles. The van der Waals surface area contributed by atoms with Crippen molar-refractivity contribution >= 4 is 0 Å². The molecule has 0 radical (unpaired) electrons. The number of hydrogen-bond donors (Lipinski definition) is 2. The second kappa shape index (κ2) is 9.25. The van der Waals surface area contributed by atoms with E-state index in [1.807, 2.05) is 0 Å². The van der Waals surface area contributed by atoms with E-state index in [4.69, 9.17) is 5.11 Å². The second-order valence-corrected chi connectivity index (χ2v) is 4.51. The van der Waals surface area contributed by atoms with Gasteiger partial charge in [-0.3, -0.25) is 0 Å². The number of aryl methyl sites for hydroxylation is 1. The third kappa shape index (κ3) is 5.89. The standard InChI is InChI=1S/C14H26N2O/c1-2-9-15-13-14-8-7-11-16(14)10-5-3-4-6-12-17/h7-8,11,15,17H,2-6,9-10,12-13H2,1H3. The lowest BCUT2D eigenvalue weighted by atomic mass is 10.2. The molecule has 0 aromatic carbocycles. The van der Waals surface area contributed by atoms with Gasteiger partial charge in [-0.1, -0.05) is 19.8 Å². The summed E-state index contributed by atoms with van der Waals surface area (Å²) in [5.41, 5.74) is 1.38. The molecule has 98 valence electrons. The van der Waals surface area contributed by atoms with Gasteiger partial charge in [-0.15, -0.1) is 0 Å². The minimum atomic E-state index is 0.329. The van der Waals surface area contributed by atoms with E-state index in [1.54, 1.807) is 0 Å². The van der Waals surface area contributed by atoms with Crippen LogP contribution in [-0.4, -0.2) is 22.8 Å². The van der Waals surface area contributed by atoms with Crippen molar-refractivity contribution < 1.29 is 5.11 Å². The van der Waals surface area contributed by atoms with Gasteiger partial charge in [0.15, 0.2) is 0 Å². The summed E-state index contributed by atoms with van der Waals surface area (Å²) in [7, 11) is 0. The summed E-state index contributed by atoms with van der Waals surface area (Å²) in [4.78, 5) is 0. The molecule has 1 aromatic rings. The van der Waals surface area contributed by atoms with Crippen LogP contribution in [0.1, 0.15) is 44.7 Å². The fourth-order valence-electron chi connectivity index (χ4n) is 1.97. The summed E-state index contributed by atoms with van der Waals surface area (Å²) in [5.74, 6) is 0. The summed E-state index contributed by atoms with van der Waals surface area (Å²) in [6, 6.07) is 4.31. The number of nitrogens with zero attached hydrogens (tertiary/aromatic N) is 1. The predicted molar refractivity (Wildman–Crippen MR) is 72.0 cm³/mol. The lowest BCUT2D eigenvalue weighted by Gasteiger charge is -2.09. The molecule has 0 saturated carbocycles. The molecule has 0 fully saturated rings. The zero-order chi connectivity index (χ0) is 12.3. The summed E-state index contributed by atoms with van der Waals surface area (Å²) < 4.78 is 2.33. The molecule has 0 saturated heterocycles. The monoisotopic (exact) mass is 238 g/mol. The summed E-state index contributed by atoms with van der Waals surface area (Å²) >= 11 is 0. The number of nitrogens with one attached hydrogen (secondary N) is 1. The number of aromatic nitrogens is 1. The third-order valence-corrected chi connectivity index (χ3v) is 2.96. The lowest BCUT2D eigenvalue weighted by Crippen LogP contribution is -2.16. The van der Waals surface area contributed by atoms with E-state index >= 15 is 0 Å². The second-order valence-electron chi connectivity index (χ2n) is 4.51. The van der Waals surface area contributed by atoms with Crippen LogP contribution in [0.4, 0.5) is 0 Å². The number of hydrogen-bond acceptors (Lipinski definition) is 2. The zero-order valence-corrected chi connectivity index (χ0v) is 11.0. The molecular formula is C14H26N2O. The van der Waals surface area contributed by atoms with Gasteiger partial charge in [0, 0.05) is 31.6 Å². The first-order chi connectivity index (χ1) is 8.38. The first-order valence-corrected chi connectivity index (χ1v) is 6.84. The molecule has 0 aliphatic rings. The van der Waals surface area contributed by atoms with Crippen molar-refractivity contribution in [1.82, 2.24) is 9.88 Å². The molecule has 2 N–H and O–H groups in total. The fourth-order valence-corrected chi connectivity index (χ4v) is 1.97. The van der Waals surface area contributed by atoms with E-state index in [9.17, 15) is 0 Å². The van der Waals surface area contributed by atoms with Crippen molar-refractivity contribution in [3.8, 4) is 0 Å². The molecule has 3 nitrogen and oxygen atoms in total. The van der Waals surface area contributed by atoms with Crippen molar-refractivity contribution in [3.63, 3.8) is 0 Å². The Labute approximate surface area is 105 Å². The van der Waals surface area contributed by atoms with Gasteiger partial charge in [0.2, 0.25) is 0 Å². The van der Waals surface area contributed by atoms with Crippen molar-refractivity contribution in [2.45, 2.75) is 52.1 Å². The van der Waals surface area contributed by atoms with E-state index in [0.29, 0.717) is 6.61 Å². The highest BCUT2D eigenvalue weighted by molar-refractivity contribution is 5.06. The average molecular weight is 238 g/mol. The lowest BCUT2D eigenvalue weighted by molar-refractivity contribution is 0.282. The molecule has 3 heteroatoms. The highest BCUT2D eigenvalue weighted by Gasteiger charge is 1.99. The Kier molecular flexibility index (Phi) is 7.76. The smallest absolute Gasteiger partial charge is 0.0431 e. The molecule has 0 amide bonds. The molecule has 0 unspecified atom stereocenters. The molecule has 0 bridgehead atoms. The molecule has 0 atom stereocenters. The highest BCUT2D eigenvalue weighted by Crippen LogP contribution is 2.06. The predicted octanol–water partition coefficient (Wildman–Crippen LogP) is 2.54. The summed E-state index contributed by atoms with van der Waals surface area (Å²) in [5, 5.41) is 12.1. The van der Waals surface area contributed by atoms with E-state index in [-0.39, 0.29) is 0 Å². The van der Waals surface area contributed by atoms with Gasteiger partial charge in [0.1, 0.15) is 0 Å². The minimum absolute atomic E-state index is 0.329. The van der Waals surface area contributed by atoms with Crippen LogP contribution in [0, 0.1) is 0 Å². The summed E-state index contributed by atoms with van der Waals surface area (Å²) in [6.07, 6.45) is 7.84. The molecule has 0 spiro atoms. The van der Waals surface area contributed by atoms with Crippen molar-refractivity contribution in [1.29, 1.82) is 0 Å². The number of aliphatic hydroxyl groups is 1. The van der Waals surface area contributed by atoms with E-state index in [1.165, 1.54) is 25.0 Å². The first-order valence-electron chi connectivity index (χ1n) is 6.84. The quantitative estimate of drug-likeness (QED) is 0.615. The minimum Gasteiger partial charge on any atom is -0.396 e. The maximum Gasteiger partial charge on any atom is 0.0431 e. The molecule has 1 aromatic heterocycles. The van der Waals surface area contributed by atoms with Gasteiger partial charge in [-0.05, 0) is 37.9 Å². The van der Waals surface area contributed by atoms with Gasteiger partial charge in [0.05, 0.1) is 0 Å². The van der Waals surface area contributed by atoms with Gasteiger partial charge >= 0.3 is 0 Å². The van der Waals surface area contributed by atoms with Crippen molar-refractivity contribution in [2.75, 3.05) is 13.2 Å². The van der Waals surface area contributed by atoms with Crippen LogP contribution in [0.15, 0.2) is 18.3 Å². The molecule has 17 heavy (non-hydrogen) atoms. The third-order valence-electron chi connectivity index (χ3n) is 2.96. The Bertz CT molecular complexity index is 284. The zero-order valence-electron chi connectivity index (χ0n) is 11.0. The Morgan fingerprint density at radius 2 is 2.06 bits per heavy atom. The Morgan fingerprint density at radius 1 is 1.24 bits per heavy atom. The maximum absolute atomic E-state index is 8.70. The van der Waals surface area contributed by atoms with Crippen LogP contribution in [0.3, 0.4) is 0 Å². The van der Waals surface area contributed by atoms with Crippen LogP contribution in [0.5, 0.6) is 0 Å². The van der Waals surface area contributed by atoms with E-state index in [0.717, 1.165) is 32.5 Å². The van der Waals surface area contributed by atoms with Crippen molar-refractivity contribution in [3.05, 3.63) is 24.0 Å². The van der Waals surface area contributed by atoms with E-state index < -0.39 is 0 Å². The van der Waals surface area contributed by atoms with Gasteiger partial charge in [-0.25, -0.2) is 0 Å². The molecule has 1 rings (SSSR count). The van der Waals surface area contributed by atoms with Crippen molar-refractivity contribution in [2.24, 2.45) is 0 Å². The van der Waals surface area contributed by atoms with Crippen LogP contribution in [0.2, 0.25) is 0 Å². The fraction of sp³-hybridized carbons (Fsp3) is 0.714. The highest BCUT2D eigenvalue weighted by atomic mass is 16.2. The Morgan fingerprint density at radius 3 is 2.82 bits per heavy atom.